The Morgan fingerprint density at radius 3 is 1.17 bits per heavy atom. The van der Waals surface area contributed by atoms with Gasteiger partial charge in [-0.25, -0.2) is 0 Å². The van der Waals surface area contributed by atoms with Crippen LogP contribution in [0, 0.1) is 20.8 Å². The summed E-state index contributed by atoms with van der Waals surface area (Å²) in [5, 5.41) is 0. The lowest BCUT2D eigenvalue weighted by molar-refractivity contribution is 0.570. The molecule has 0 saturated carbocycles. The minimum Gasteiger partial charge on any atom is -0.398 e. The van der Waals surface area contributed by atoms with Crippen LogP contribution in [0.15, 0.2) is 0 Å². The van der Waals surface area contributed by atoms with Gasteiger partial charge in [-0.3, -0.25) is 0 Å². The summed E-state index contributed by atoms with van der Waals surface area (Å²) in [6, 6.07) is 0. The molecule has 2 N–H and O–H groups in total. The second-order valence-corrected chi connectivity index (χ2v) is 9.70. The highest BCUT2D eigenvalue weighted by molar-refractivity contribution is 5.62. The zero-order valence-corrected chi connectivity index (χ0v) is 21.3. The first-order valence-electron chi connectivity index (χ1n) is 13.4. The van der Waals surface area contributed by atoms with Crippen LogP contribution in [0.3, 0.4) is 0 Å². The van der Waals surface area contributed by atoms with Crippen molar-refractivity contribution in [3.63, 3.8) is 0 Å². The molecule has 0 aliphatic heterocycles. The summed E-state index contributed by atoms with van der Waals surface area (Å²) in [5.74, 6) is 0. The predicted octanol–water partition coefficient (Wildman–Crippen LogP) is 9.56. The number of rotatable bonds is 18. The molecule has 1 nitrogen and oxygen atoms in total. The minimum absolute atomic E-state index is 1.04. The van der Waals surface area contributed by atoms with Gasteiger partial charge in [0.25, 0.3) is 0 Å². The summed E-state index contributed by atoms with van der Waals surface area (Å²) in [6.45, 7) is 11.4. The van der Waals surface area contributed by atoms with E-state index >= 15 is 0 Å². The van der Waals surface area contributed by atoms with Crippen molar-refractivity contribution in [3.05, 3.63) is 27.8 Å². The van der Waals surface area contributed by atoms with Crippen molar-refractivity contribution in [1.82, 2.24) is 0 Å². The van der Waals surface area contributed by atoms with E-state index in [1.807, 2.05) is 0 Å². The average molecular weight is 416 g/mol. The van der Waals surface area contributed by atoms with E-state index in [2.05, 4.69) is 34.6 Å². The largest absolute Gasteiger partial charge is 0.398 e. The van der Waals surface area contributed by atoms with Gasteiger partial charge in [-0.1, -0.05) is 104 Å². The molecule has 174 valence electrons. The monoisotopic (exact) mass is 415 g/mol. The molecule has 0 saturated heterocycles. The average Bonchev–Trinajstić information content (AvgIpc) is 2.75. The SMILES string of the molecule is CCCCCCCCCCc1c(C)c(C)c(N)c(C)c1CCCCCCCCCC. The van der Waals surface area contributed by atoms with Gasteiger partial charge in [-0.15, -0.1) is 0 Å². The zero-order valence-electron chi connectivity index (χ0n) is 21.3. The summed E-state index contributed by atoms with van der Waals surface area (Å²) in [5.41, 5.74) is 14.9. The lowest BCUT2D eigenvalue weighted by Crippen LogP contribution is -2.08. The minimum atomic E-state index is 1.04. The lowest BCUT2D eigenvalue weighted by atomic mass is 9.86. The molecular weight excluding hydrogens is 362 g/mol. The van der Waals surface area contributed by atoms with Crippen LogP contribution in [-0.2, 0) is 12.8 Å². The first kappa shape index (κ1) is 27.1. The molecule has 0 aromatic heterocycles. The van der Waals surface area contributed by atoms with Crippen molar-refractivity contribution in [1.29, 1.82) is 0 Å². The molecule has 0 spiro atoms. The molecule has 0 unspecified atom stereocenters. The highest BCUT2D eigenvalue weighted by Crippen LogP contribution is 2.31. The Balaban J connectivity index is 2.52. The topological polar surface area (TPSA) is 26.0 Å². The summed E-state index contributed by atoms with van der Waals surface area (Å²) < 4.78 is 0. The number of unbranched alkanes of at least 4 members (excludes halogenated alkanes) is 14. The van der Waals surface area contributed by atoms with E-state index in [0.717, 1.165) is 5.69 Å². The van der Waals surface area contributed by atoms with Crippen LogP contribution in [-0.4, -0.2) is 0 Å². The summed E-state index contributed by atoms with van der Waals surface area (Å²) in [4.78, 5) is 0. The van der Waals surface area contributed by atoms with E-state index in [4.69, 9.17) is 5.73 Å². The van der Waals surface area contributed by atoms with Gasteiger partial charge in [0.2, 0.25) is 0 Å². The standard InChI is InChI=1S/C29H53N/c1-6-8-10-12-14-16-18-20-22-27-24(3)25(4)29(30)26(5)28(27)23-21-19-17-15-13-11-9-7-2/h6-23,30H2,1-5H3. The molecule has 0 heterocycles. The molecule has 0 aliphatic carbocycles. The third-order valence-corrected chi connectivity index (χ3v) is 7.20. The Kier molecular flexibility index (Phi) is 15.0. The number of nitrogen functional groups attached to an aromatic ring is 1. The molecule has 0 bridgehead atoms. The third-order valence-electron chi connectivity index (χ3n) is 7.20. The zero-order chi connectivity index (χ0) is 22.2. The fourth-order valence-electron chi connectivity index (χ4n) is 4.87. The van der Waals surface area contributed by atoms with Crippen LogP contribution in [0.4, 0.5) is 5.69 Å². The van der Waals surface area contributed by atoms with Crippen LogP contribution >= 0.6 is 0 Å². The third kappa shape index (κ3) is 9.88. The maximum absolute atomic E-state index is 6.49. The highest BCUT2D eigenvalue weighted by atomic mass is 14.6. The smallest absolute Gasteiger partial charge is 0.0379 e. The second kappa shape index (κ2) is 16.7. The van der Waals surface area contributed by atoms with Gasteiger partial charge in [0.05, 0.1) is 0 Å². The lowest BCUT2D eigenvalue weighted by Gasteiger charge is -2.21. The first-order valence-corrected chi connectivity index (χ1v) is 13.4. The highest BCUT2D eigenvalue weighted by Gasteiger charge is 2.15. The van der Waals surface area contributed by atoms with E-state index in [9.17, 15) is 0 Å². The maximum atomic E-state index is 6.49. The molecule has 0 amide bonds. The molecule has 0 fully saturated rings. The van der Waals surface area contributed by atoms with E-state index in [-0.39, 0.29) is 0 Å². The van der Waals surface area contributed by atoms with E-state index in [0.29, 0.717) is 0 Å². The Labute approximate surface area is 189 Å². The fourth-order valence-corrected chi connectivity index (χ4v) is 4.87. The second-order valence-electron chi connectivity index (χ2n) is 9.70. The molecule has 0 radical (unpaired) electrons. The number of hydrogen-bond acceptors (Lipinski definition) is 1. The van der Waals surface area contributed by atoms with Gasteiger partial charge in [0, 0.05) is 5.69 Å². The molecule has 1 heteroatoms. The fraction of sp³-hybridized carbons (Fsp3) is 0.793. The normalized spacial score (nSPS) is 11.4. The van der Waals surface area contributed by atoms with Crippen LogP contribution < -0.4 is 5.73 Å². The van der Waals surface area contributed by atoms with Crippen molar-refractivity contribution < 1.29 is 0 Å². The van der Waals surface area contributed by atoms with Crippen molar-refractivity contribution in [2.45, 2.75) is 150 Å². The van der Waals surface area contributed by atoms with Gasteiger partial charge in [-0.05, 0) is 74.3 Å². The van der Waals surface area contributed by atoms with E-state index in [1.165, 1.54) is 132 Å². The van der Waals surface area contributed by atoms with Crippen molar-refractivity contribution in [3.8, 4) is 0 Å². The van der Waals surface area contributed by atoms with Gasteiger partial charge >= 0.3 is 0 Å². The number of benzene rings is 1. The first-order chi connectivity index (χ1) is 14.5. The van der Waals surface area contributed by atoms with Crippen molar-refractivity contribution in [2.24, 2.45) is 0 Å². The molecule has 0 aliphatic rings. The molecule has 0 atom stereocenters. The summed E-state index contributed by atoms with van der Waals surface area (Å²) in [6.07, 6.45) is 24.7. The van der Waals surface area contributed by atoms with Gasteiger partial charge < -0.3 is 5.73 Å². The molecule has 30 heavy (non-hydrogen) atoms. The van der Waals surface area contributed by atoms with Gasteiger partial charge in [-0.2, -0.15) is 0 Å². The van der Waals surface area contributed by atoms with Crippen LogP contribution in [0.2, 0.25) is 0 Å². The Morgan fingerprint density at radius 2 is 0.767 bits per heavy atom. The molecular formula is C29H53N. The Bertz CT molecular complexity index is 521. The Morgan fingerprint density at radius 1 is 0.433 bits per heavy atom. The maximum Gasteiger partial charge on any atom is 0.0379 e. The van der Waals surface area contributed by atoms with E-state index in [1.54, 1.807) is 11.1 Å². The van der Waals surface area contributed by atoms with Crippen LogP contribution in [0.25, 0.3) is 0 Å². The van der Waals surface area contributed by atoms with Gasteiger partial charge in [0.15, 0.2) is 0 Å². The number of hydrogen-bond donors (Lipinski definition) is 1. The van der Waals surface area contributed by atoms with Gasteiger partial charge in [0.1, 0.15) is 0 Å². The summed E-state index contributed by atoms with van der Waals surface area (Å²) >= 11 is 0. The van der Waals surface area contributed by atoms with Crippen molar-refractivity contribution >= 4 is 5.69 Å². The van der Waals surface area contributed by atoms with E-state index < -0.39 is 0 Å². The molecule has 1 aromatic carbocycles. The predicted molar refractivity (Wildman–Crippen MR) is 138 cm³/mol. The molecule has 1 aromatic rings. The van der Waals surface area contributed by atoms with Crippen LogP contribution in [0.1, 0.15) is 144 Å². The number of anilines is 1. The van der Waals surface area contributed by atoms with Crippen molar-refractivity contribution in [2.75, 3.05) is 5.73 Å². The quantitative estimate of drug-likeness (QED) is 0.187. The number of nitrogens with two attached hydrogens (primary N) is 1. The molecule has 1 rings (SSSR count). The summed E-state index contributed by atoms with van der Waals surface area (Å²) in [7, 11) is 0. The van der Waals surface area contributed by atoms with Crippen LogP contribution in [0.5, 0.6) is 0 Å². The Hall–Kier alpha value is -0.980.